The first-order chi connectivity index (χ1) is 6.79. The van der Waals surface area contributed by atoms with Crippen LogP contribution in [0.2, 0.25) is 5.02 Å². The number of hydrogen-bond donors (Lipinski definition) is 0. The molecule has 0 radical (unpaired) electrons. The van der Waals surface area contributed by atoms with Crippen LogP contribution in [-0.4, -0.2) is 8.42 Å². The third-order valence-electron chi connectivity index (χ3n) is 2.03. The second kappa shape index (κ2) is 4.73. The Kier molecular flexibility index (Phi) is 4.04. The molecule has 0 heterocycles. The highest BCUT2D eigenvalue weighted by Gasteiger charge is 2.10. The van der Waals surface area contributed by atoms with Gasteiger partial charge in [0.05, 0.1) is 5.75 Å². The molecule has 0 bridgehead atoms. The summed E-state index contributed by atoms with van der Waals surface area (Å²) >= 11 is 6.02. The van der Waals surface area contributed by atoms with Gasteiger partial charge in [-0.05, 0) is 23.1 Å². The van der Waals surface area contributed by atoms with Gasteiger partial charge < -0.3 is 0 Å². The fourth-order valence-electron chi connectivity index (χ4n) is 1.33. The zero-order valence-electron chi connectivity index (χ0n) is 8.50. The minimum absolute atomic E-state index is 0.188. The molecule has 2 nitrogen and oxygen atoms in total. The Morgan fingerprint density at radius 1 is 1.33 bits per heavy atom. The van der Waals surface area contributed by atoms with E-state index in [9.17, 15) is 8.42 Å². The molecule has 1 aromatic carbocycles. The van der Waals surface area contributed by atoms with E-state index in [0.717, 1.165) is 5.56 Å². The molecule has 0 aliphatic rings. The van der Waals surface area contributed by atoms with E-state index in [1.165, 1.54) is 0 Å². The summed E-state index contributed by atoms with van der Waals surface area (Å²) < 4.78 is 21.7. The number of halogens is 2. The lowest BCUT2D eigenvalue weighted by Crippen LogP contribution is -1.96. The molecule has 0 aromatic heterocycles. The lowest BCUT2D eigenvalue weighted by molar-refractivity contribution is 0.609. The van der Waals surface area contributed by atoms with Crippen LogP contribution in [0.15, 0.2) is 18.2 Å². The summed E-state index contributed by atoms with van der Waals surface area (Å²) in [6, 6.07) is 5.22. The van der Waals surface area contributed by atoms with E-state index >= 15 is 0 Å². The fraction of sp³-hybridized carbons (Fsp3) is 0.400. The topological polar surface area (TPSA) is 34.1 Å². The van der Waals surface area contributed by atoms with E-state index in [-0.39, 0.29) is 5.75 Å². The largest absolute Gasteiger partial charge is 0.236 e. The van der Waals surface area contributed by atoms with E-state index < -0.39 is 9.05 Å². The molecule has 0 N–H and O–H groups in total. The molecule has 0 saturated carbocycles. The Morgan fingerprint density at radius 3 is 2.33 bits per heavy atom. The summed E-state index contributed by atoms with van der Waals surface area (Å²) in [6.45, 7) is 4.05. The smallest absolute Gasteiger partial charge is 0.212 e. The first-order valence-corrected chi connectivity index (χ1v) is 7.36. The zero-order chi connectivity index (χ0) is 11.6. The van der Waals surface area contributed by atoms with Gasteiger partial charge in [0.1, 0.15) is 0 Å². The maximum Gasteiger partial charge on any atom is 0.236 e. The van der Waals surface area contributed by atoms with Crippen LogP contribution in [0.1, 0.15) is 30.9 Å². The van der Waals surface area contributed by atoms with E-state index in [4.69, 9.17) is 22.3 Å². The van der Waals surface area contributed by atoms with Crippen molar-refractivity contribution >= 4 is 31.3 Å². The Morgan fingerprint density at radius 2 is 1.93 bits per heavy atom. The predicted octanol–water partition coefficient (Wildman–Crippen LogP) is 3.53. The lowest BCUT2D eigenvalue weighted by atomic mass is 10.0. The van der Waals surface area contributed by atoms with E-state index in [1.54, 1.807) is 12.1 Å². The molecule has 0 atom stereocenters. The number of rotatable bonds is 3. The van der Waals surface area contributed by atoms with E-state index in [0.29, 0.717) is 16.5 Å². The van der Waals surface area contributed by atoms with Crippen LogP contribution in [-0.2, 0) is 14.8 Å². The van der Waals surface area contributed by atoms with Gasteiger partial charge >= 0.3 is 0 Å². The second-order valence-electron chi connectivity index (χ2n) is 3.69. The van der Waals surface area contributed by atoms with Gasteiger partial charge in [0.25, 0.3) is 0 Å². The zero-order valence-corrected chi connectivity index (χ0v) is 10.8. The van der Waals surface area contributed by atoms with Crippen LogP contribution < -0.4 is 0 Å². The van der Waals surface area contributed by atoms with Crippen LogP contribution >= 0.6 is 22.3 Å². The van der Waals surface area contributed by atoms with Crippen molar-refractivity contribution < 1.29 is 8.42 Å². The van der Waals surface area contributed by atoms with Crippen molar-refractivity contribution in [1.82, 2.24) is 0 Å². The normalized spacial score (nSPS) is 12.1. The molecule has 1 rings (SSSR count). The maximum absolute atomic E-state index is 10.9. The van der Waals surface area contributed by atoms with Crippen LogP contribution in [0.25, 0.3) is 0 Å². The molecular weight excluding hydrogens is 255 g/mol. The van der Waals surface area contributed by atoms with E-state index in [1.807, 2.05) is 19.9 Å². The molecule has 0 spiro atoms. The third kappa shape index (κ3) is 4.01. The quantitative estimate of drug-likeness (QED) is 0.785. The molecule has 1 aromatic rings. The summed E-state index contributed by atoms with van der Waals surface area (Å²) in [4.78, 5) is 0. The fourth-order valence-corrected chi connectivity index (χ4v) is 2.70. The van der Waals surface area contributed by atoms with Gasteiger partial charge in [0.2, 0.25) is 9.05 Å². The van der Waals surface area contributed by atoms with Crippen molar-refractivity contribution in [2.75, 3.05) is 0 Å². The Balaban J connectivity index is 3.02. The Bertz CT molecular complexity index is 452. The molecule has 0 saturated heterocycles. The van der Waals surface area contributed by atoms with Crippen molar-refractivity contribution in [1.29, 1.82) is 0 Å². The molecule has 84 valence electrons. The van der Waals surface area contributed by atoms with Crippen LogP contribution in [0.3, 0.4) is 0 Å². The Labute approximate surface area is 99.6 Å². The SMILES string of the molecule is CC(C)c1ccc(CS(=O)(=O)Cl)cc1Cl. The minimum Gasteiger partial charge on any atom is -0.212 e. The summed E-state index contributed by atoms with van der Waals surface area (Å²) in [5, 5.41) is 0.586. The standard InChI is InChI=1S/C10H12Cl2O2S/c1-7(2)9-4-3-8(5-10(9)11)6-15(12,13)14/h3-5,7H,6H2,1-2H3. The van der Waals surface area contributed by atoms with Gasteiger partial charge in [-0.25, -0.2) is 8.42 Å². The van der Waals surface area contributed by atoms with Gasteiger partial charge in [0.15, 0.2) is 0 Å². The molecular formula is C10H12Cl2O2S. The summed E-state index contributed by atoms with van der Waals surface area (Å²) in [7, 11) is 1.64. The highest BCUT2D eigenvalue weighted by Crippen LogP contribution is 2.26. The van der Waals surface area contributed by atoms with Crippen molar-refractivity contribution in [2.24, 2.45) is 0 Å². The van der Waals surface area contributed by atoms with Gasteiger partial charge in [-0.15, -0.1) is 0 Å². The van der Waals surface area contributed by atoms with Gasteiger partial charge in [-0.1, -0.05) is 37.6 Å². The molecule has 0 unspecified atom stereocenters. The highest BCUT2D eigenvalue weighted by atomic mass is 35.7. The molecule has 0 fully saturated rings. The van der Waals surface area contributed by atoms with E-state index in [2.05, 4.69) is 0 Å². The molecule has 0 aliphatic heterocycles. The van der Waals surface area contributed by atoms with Crippen LogP contribution in [0, 0.1) is 0 Å². The number of hydrogen-bond acceptors (Lipinski definition) is 2. The Hall–Kier alpha value is -0.250. The van der Waals surface area contributed by atoms with Gasteiger partial charge in [0, 0.05) is 15.7 Å². The van der Waals surface area contributed by atoms with Crippen molar-refractivity contribution in [2.45, 2.75) is 25.5 Å². The third-order valence-corrected chi connectivity index (χ3v) is 3.36. The molecule has 15 heavy (non-hydrogen) atoms. The average Bonchev–Trinajstić information content (AvgIpc) is 1.99. The lowest BCUT2D eigenvalue weighted by Gasteiger charge is -2.09. The van der Waals surface area contributed by atoms with Crippen molar-refractivity contribution in [3.05, 3.63) is 34.3 Å². The van der Waals surface area contributed by atoms with Gasteiger partial charge in [-0.3, -0.25) is 0 Å². The second-order valence-corrected chi connectivity index (χ2v) is 6.88. The molecule has 0 amide bonds. The molecule has 5 heteroatoms. The van der Waals surface area contributed by atoms with Crippen LogP contribution in [0.5, 0.6) is 0 Å². The predicted molar refractivity (Wildman–Crippen MR) is 64.0 cm³/mol. The van der Waals surface area contributed by atoms with Gasteiger partial charge in [-0.2, -0.15) is 0 Å². The summed E-state index contributed by atoms with van der Waals surface area (Å²) in [6.07, 6.45) is 0. The van der Waals surface area contributed by atoms with Crippen LogP contribution in [0.4, 0.5) is 0 Å². The van der Waals surface area contributed by atoms with Crippen molar-refractivity contribution in [3.8, 4) is 0 Å². The monoisotopic (exact) mass is 266 g/mol. The highest BCUT2D eigenvalue weighted by molar-refractivity contribution is 8.13. The first kappa shape index (κ1) is 12.8. The summed E-state index contributed by atoms with van der Waals surface area (Å²) in [5.41, 5.74) is 1.62. The van der Waals surface area contributed by atoms with Crippen molar-refractivity contribution in [3.63, 3.8) is 0 Å². The molecule has 0 aliphatic carbocycles. The summed E-state index contributed by atoms with van der Waals surface area (Å²) in [5.74, 6) is 0.131. The number of benzene rings is 1. The average molecular weight is 267 g/mol. The first-order valence-electron chi connectivity index (χ1n) is 4.50. The maximum atomic E-state index is 10.9. The minimum atomic E-state index is -3.51.